The minimum Gasteiger partial charge on any atom is -0.491 e. The molecule has 4 rings (SSSR count). The van der Waals surface area contributed by atoms with Crippen LogP contribution in [0, 0.1) is 24.6 Å². The van der Waals surface area contributed by atoms with Gasteiger partial charge in [0.1, 0.15) is 5.60 Å². The lowest BCUT2D eigenvalue weighted by Gasteiger charge is -2.28. The summed E-state index contributed by atoms with van der Waals surface area (Å²) in [6.07, 6.45) is 2.13. The van der Waals surface area contributed by atoms with Crippen LogP contribution in [0.4, 0.5) is 20.1 Å². The van der Waals surface area contributed by atoms with Gasteiger partial charge >= 0.3 is 12.1 Å². The SMILES string of the molecule is COC(=O)c1nc(N2CCCc3c2nnc(Cl)c3C)sc1CCCOc1ccc(C#CCNC(=O)OC(C)(C)C)cc1F. The standard InChI is InChI=1S/C30H33ClFN5O5S/c1-18-20-10-7-15-37(26(20)36-35-25(18)31)28-34-24(27(38)40-5)23(43-28)11-8-16-41-22-13-12-19(17-21(22)32)9-6-14-33-29(39)42-30(2,3)4/h12-13,17H,7-8,10-11,14-16H2,1-5H3,(H,33,39). The van der Waals surface area contributed by atoms with Crippen molar-refractivity contribution < 1.29 is 28.2 Å². The van der Waals surface area contributed by atoms with Crippen LogP contribution >= 0.6 is 22.9 Å². The first-order chi connectivity index (χ1) is 20.5. The number of esters is 1. The first-order valence-electron chi connectivity index (χ1n) is 13.7. The Bertz CT molecular complexity index is 1560. The number of fused-ring (bicyclic) bond motifs is 1. The van der Waals surface area contributed by atoms with E-state index in [1.165, 1.54) is 30.6 Å². The number of hydrogen-bond donors (Lipinski definition) is 1. The first-order valence-corrected chi connectivity index (χ1v) is 14.9. The van der Waals surface area contributed by atoms with Crippen LogP contribution in [0.2, 0.25) is 5.15 Å². The third-order valence-corrected chi connectivity index (χ3v) is 7.81. The van der Waals surface area contributed by atoms with Gasteiger partial charge in [-0.1, -0.05) is 23.4 Å². The van der Waals surface area contributed by atoms with Crippen molar-refractivity contribution in [3.8, 4) is 17.6 Å². The van der Waals surface area contributed by atoms with Crippen LogP contribution in [-0.2, 0) is 22.3 Å². The highest BCUT2D eigenvalue weighted by Crippen LogP contribution is 2.38. The lowest BCUT2D eigenvalue weighted by molar-refractivity contribution is 0.0533. The number of nitrogens with zero attached hydrogens (tertiary/aromatic N) is 4. The molecule has 43 heavy (non-hydrogen) atoms. The summed E-state index contributed by atoms with van der Waals surface area (Å²) in [5, 5.41) is 11.9. The molecule has 1 N–H and O–H groups in total. The van der Waals surface area contributed by atoms with Crippen LogP contribution in [-0.4, -0.2) is 59.7 Å². The number of aromatic nitrogens is 3. The highest BCUT2D eigenvalue weighted by Gasteiger charge is 2.28. The molecule has 13 heteroatoms. The molecule has 0 bridgehead atoms. The molecule has 3 aromatic rings. The van der Waals surface area contributed by atoms with E-state index in [9.17, 15) is 14.0 Å². The average molecular weight is 630 g/mol. The van der Waals surface area contributed by atoms with Gasteiger partial charge in [0.2, 0.25) is 0 Å². The highest BCUT2D eigenvalue weighted by molar-refractivity contribution is 7.16. The Morgan fingerprint density at radius 1 is 1.26 bits per heavy atom. The number of carbonyl (C=O) groups is 2. The molecule has 3 heterocycles. The van der Waals surface area contributed by atoms with Crippen LogP contribution in [0.15, 0.2) is 18.2 Å². The molecule has 0 unspecified atom stereocenters. The van der Waals surface area contributed by atoms with Gasteiger partial charge in [0.25, 0.3) is 0 Å². The Balaban J connectivity index is 1.36. The number of ether oxygens (including phenoxy) is 3. The van der Waals surface area contributed by atoms with Gasteiger partial charge in [-0.05, 0) is 77.1 Å². The maximum atomic E-state index is 14.6. The summed E-state index contributed by atoms with van der Waals surface area (Å²) in [5.41, 5.74) is 1.99. The molecule has 1 aromatic carbocycles. The van der Waals surface area contributed by atoms with Crippen molar-refractivity contribution in [2.24, 2.45) is 0 Å². The van der Waals surface area contributed by atoms with Crippen molar-refractivity contribution in [2.75, 3.05) is 31.7 Å². The molecular weight excluding hydrogens is 597 g/mol. The Kier molecular flexibility index (Phi) is 10.4. The van der Waals surface area contributed by atoms with Crippen LogP contribution < -0.4 is 15.0 Å². The first kappa shape index (κ1) is 32.0. The predicted molar refractivity (Wildman–Crippen MR) is 162 cm³/mol. The molecule has 0 saturated heterocycles. The fraction of sp³-hybridized carbons (Fsp3) is 0.433. The fourth-order valence-electron chi connectivity index (χ4n) is 4.31. The summed E-state index contributed by atoms with van der Waals surface area (Å²) in [6.45, 7) is 8.18. The van der Waals surface area contributed by atoms with Crippen molar-refractivity contribution in [1.82, 2.24) is 20.5 Å². The molecule has 0 fully saturated rings. The quantitative estimate of drug-likeness (QED) is 0.188. The van der Waals surface area contributed by atoms with Crippen molar-refractivity contribution in [3.05, 3.63) is 56.4 Å². The maximum absolute atomic E-state index is 14.6. The number of benzene rings is 1. The van der Waals surface area contributed by atoms with Gasteiger partial charge in [-0.3, -0.25) is 0 Å². The van der Waals surface area contributed by atoms with E-state index in [-0.39, 0.29) is 24.6 Å². The summed E-state index contributed by atoms with van der Waals surface area (Å²) in [7, 11) is 1.32. The number of halogens is 2. The molecule has 1 amide bonds. The van der Waals surface area contributed by atoms with Crippen molar-refractivity contribution in [1.29, 1.82) is 0 Å². The Morgan fingerprint density at radius 2 is 2.05 bits per heavy atom. The van der Waals surface area contributed by atoms with E-state index in [0.29, 0.717) is 41.1 Å². The number of anilines is 2. The zero-order valence-electron chi connectivity index (χ0n) is 24.7. The number of aryl methyl sites for hydroxylation is 1. The molecule has 0 atom stereocenters. The van der Waals surface area contributed by atoms with Crippen LogP contribution in [0.3, 0.4) is 0 Å². The highest BCUT2D eigenvalue weighted by atomic mass is 35.5. The topological polar surface area (TPSA) is 116 Å². The van der Waals surface area contributed by atoms with Crippen LogP contribution in [0.1, 0.15) is 65.7 Å². The zero-order chi connectivity index (χ0) is 31.1. The average Bonchev–Trinajstić information content (AvgIpc) is 3.38. The molecular formula is C30H33ClFN5O5S. The predicted octanol–water partition coefficient (Wildman–Crippen LogP) is 5.79. The minimum atomic E-state index is -0.603. The number of alkyl carbamates (subject to hydrolysis) is 1. The molecule has 228 valence electrons. The van der Waals surface area contributed by atoms with E-state index in [1.54, 1.807) is 26.8 Å². The number of hydrogen-bond acceptors (Lipinski definition) is 10. The molecule has 0 spiro atoms. The van der Waals surface area contributed by atoms with E-state index in [2.05, 4.69) is 32.3 Å². The monoisotopic (exact) mass is 629 g/mol. The van der Waals surface area contributed by atoms with Gasteiger partial charge in [-0.15, -0.1) is 21.5 Å². The smallest absolute Gasteiger partial charge is 0.408 e. The van der Waals surface area contributed by atoms with Gasteiger partial charge in [-0.25, -0.2) is 19.0 Å². The van der Waals surface area contributed by atoms with Gasteiger partial charge in [-0.2, -0.15) is 0 Å². The molecule has 1 aliphatic heterocycles. The fourth-order valence-corrected chi connectivity index (χ4v) is 5.58. The van der Waals surface area contributed by atoms with Gasteiger partial charge < -0.3 is 24.4 Å². The number of nitrogens with one attached hydrogen (secondary N) is 1. The van der Waals surface area contributed by atoms with Crippen molar-refractivity contribution in [2.45, 2.75) is 59.0 Å². The Hall–Kier alpha value is -3.95. The van der Waals surface area contributed by atoms with Gasteiger partial charge in [0.15, 0.2) is 33.4 Å². The second-order valence-corrected chi connectivity index (χ2v) is 12.1. The van der Waals surface area contributed by atoms with E-state index >= 15 is 0 Å². The Morgan fingerprint density at radius 3 is 2.77 bits per heavy atom. The second kappa shape index (κ2) is 14.0. The molecule has 1 aliphatic rings. The van der Waals surface area contributed by atoms with Crippen molar-refractivity contribution >= 4 is 45.9 Å². The molecule has 10 nitrogen and oxygen atoms in total. The molecule has 0 aliphatic carbocycles. The molecule has 0 radical (unpaired) electrons. The summed E-state index contributed by atoms with van der Waals surface area (Å²) < 4.78 is 30.4. The Labute approximate surface area is 258 Å². The normalized spacial score (nSPS) is 12.6. The maximum Gasteiger partial charge on any atom is 0.408 e. The van der Waals surface area contributed by atoms with Crippen LogP contribution in [0.5, 0.6) is 5.75 Å². The van der Waals surface area contributed by atoms with E-state index in [1.807, 2.05) is 11.8 Å². The summed E-state index contributed by atoms with van der Waals surface area (Å²) in [6, 6.07) is 4.42. The van der Waals surface area contributed by atoms with Crippen molar-refractivity contribution in [3.63, 3.8) is 0 Å². The van der Waals surface area contributed by atoms with E-state index in [0.717, 1.165) is 28.8 Å². The van der Waals surface area contributed by atoms with Crippen LogP contribution in [0.25, 0.3) is 0 Å². The third kappa shape index (κ3) is 8.33. The number of amides is 1. The largest absolute Gasteiger partial charge is 0.491 e. The van der Waals surface area contributed by atoms with E-state index in [4.69, 9.17) is 25.8 Å². The second-order valence-electron chi connectivity index (χ2n) is 10.7. The number of thiazole rings is 1. The number of methoxy groups -OCH3 is 1. The molecule has 0 saturated carbocycles. The minimum absolute atomic E-state index is 0.0628. The molecule has 2 aromatic heterocycles. The van der Waals surface area contributed by atoms with Gasteiger partial charge in [0.05, 0.1) is 20.3 Å². The third-order valence-electron chi connectivity index (χ3n) is 6.31. The zero-order valence-corrected chi connectivity index (χ0v) is 26.2. The summed E-state index contributed by atoms with van der Waals surface area (Å²) in [5.74, 6) is 5.26. The number of carbonyl (C=O) groups excluding carboxylic acids is 2. The van der Waals surface area contributed by atoms with Gasteiger partial charge in [0, 0.05) is 22.5 Å². The van der Waals surface area contributed by atoms with E-state index < -0.39 is 23.5 Å². The lowest BCUT2D eigenvalue weighted by Crippen LogP contribution is -2.32. The summed E-state index contributed by atoms with van der Waals surface area (Å²) in [4.78, 5) is 31.5. The number of rotatable bonds is 8. The lowest BCUT2D eigenvalue weighted by atomic mass is 10.0. The summed E-state index contributed by atoms with van der Waals surface area (Å²) >= 11 is 7.57.